The Hall–Kier alpha value is -3.02. The van der Waals surface area contributed by atoms with E-state index < -0.39 is 29.8 Å². The number of benzene rings is 2. The molecule has 1 heterocycles. The van der Waals surface area contributed by atoms with E-state index in [2.05, 4.69) is 12.1 Å². The van der Waals surface area contributed by atoms with E-state index in [1.165, 1.54) is 4.90 Å². The first kappa shape index (κ1) is 20.7. The fraction of sp³-hybridized carbons (Fsp3) is 0.391. The minimum atomic E-state index is -1.06. The number of amides is 1. The van der Waals surface area contributed by atoms with Gasteiger partial charge in [0.2, 0.25) is 0 Å². The number of hydrogen-bond acceptors (Lipinski definition) is 4. The Bertz CT molecular complexity index is 859. The van der Waals surface area contributed by atoms with Crippen LogP contribution >= 0.6 is 0 Å². The van der Waals surface area contributed by atoms with Gasteiger partial charge in [-0.1, -0.05) is 48.5 Å². The van der Waals surface area contributed by atoms with Crippen molar-refractivity contribution in [2.75, 3.05) is 6.54 Å². The molecule has 0 bridgehead atoms. The number of ether oxygens (including phenoxy) is 2. The summed E-state index contributed by atoms with van der Waals surface area (Å²) in [7, 11) is 0. The van der Waals surface area contributed by atoms with Gasteiger partial charge in [-0.15, -0.1) is 0 Å². The lowest BCUT2D eigenvalue weighted by atomic mass is 10.0. The molecule has 1 saturated heterocycles. The zero-order valence-corrected chi connectivity index (χ0v) is 17.0. The van der Waals surface area contributed by atoms with Crippen molar-refractivity contribution < 1.29 is 24.2 Å². The van der Waals surface area contributed by atoms with Crippen LogP contribution in [0.4, 0.5) is 4.79 Å². The molecule has 0 saturated carbocycles. The first-order valence-corrected chi connectivity index (χ1v) is 9.74. The van der Waals surface area contributed by atoms with Gasteiger partial charge in [0.05, 0.1) is 6.54 Å². The number of aliphatic carboxylic acids is 1. The van der Waals surface area contributed by atoms with Crippen LogP contribution < -0.4 is 4.74 Å². The van der Waals surface area contributed by atoms with Gasteiger partial charge in [-0.2, -0.15) is 0 Å². The molecule has 0 spiro atoms. The summed E-state index contributed by atoms with van der Waals surface area (Å²) in [5.41, 5.74) is 1.48. The van der Waals surface area contributed by atoms with Crippen LogP contribution in [0.15, 0.2) is 54.6 Å². The highest BCUT2D eigenvalue weighted by Crippen LogP contribution is 2.28. The van der Waals surface area contributed by atoms with Crippen LogP contribution in [0.1, 0.15) is 38.3 Å². The molecule has 0 unspecified atom stereocenters. The first-order chi connectivity index (χ1) is 13.7. The Labute approximate surface area is 171 Å². The summed E-state index contributed by atoms with van der Waals surface area (Å²) in [6.07, 6.45) is -0.120. The van der Waals surface area contributed by atoms with Crippen molar-refractivity contribution in [2.45, 2.75) is 51.4 Å². The summed E-state index contributed by atoms with van der Waals surface area (Å²) >= 11 is 0. The molecule has 1 aliphatic heterocycles. The molecule has 0 aliphatic carbocycles. The molecule has 154 valence electrons. The van der Waals surface area contributed by atoms with Crippen LogP contribution in [-0.2, 0) is 16.0 Å². The largest absolute Gasteiger partial charge is 0.488 e. The smallest absolute Gasteiger partial charge is 0.411 e. The highest BCUT2D eigenvalue weighted by Gasteiger charge is 2.42. The average molecular weight is 397 g/mol. The third-order valence-corrected chi connectivity index (χ3v) is 4.68. The maximum Gasteiger partial charge on any atom is 0.411 e. The molecular weight excluding hydrogens is 370 g/mol. The number of carboxylic acid groups (broad SMARTS) is 1. The van der Waals surface area contributed by atoms with Crippen LogP contribution in [0.3, 0.4) is 0 Å². The topological polar surface area (TPSA) is 76.1 Å². The molecule has 2 atom stereocenters. The summed E-state index contributed by atoms with van der Waals surface area (Å²) in [4.78, 5) is 25.4. The van der Waals surface area contributed by atoms with E-state index >= 15 is 0 Å². The summed E-state index contributed by atoms with van der Waals surface area (Å²) in [6.45, 7) is 5.44. The van der Waals surface area contributed by atoms with Crippen molar-refractivity contribution in [3.05, 3.63) is 65.7 Å². The summed E-state index contributed by atoms with van der Waals surface area (Å²) in [6, 6.07) is 16.8. The number of carbonyl (C=O) groups excluding carboxylic acids is 1. The van der Waals surface area contributed by atoms with Crippen LogP contribution in [0.25, 0.3) is 0 Å². The highest BCUT2D eigenvalue weighted by atomic mass is 16.6. The molecule has 6 heteroatoms. The SMILES string of the molecule is CC(C)(C)OC(=O)N1C[C@H](Oc2ccccc2Cc2ccccc2)C[C@@H]1C(=O)O. The zero-order chi connectivity index (χ0) is 21.0. The van der Waals surface area contributed by atoms with Crippen LogP contribution in [-0.4, -0.2) is 46.4 Å². The third-order valence-electron chi connectivity index (χ3n) is 4.68. The van der Waals surface area contributed by atoms with E-state index in [0.717, 1.165) is 11.1 Å². The van der Waals surface area contributed by atoms with Gasteiger partial charge in [-0.3, -0.25) is 4.90 Å². The number of carbonyl (C=O) groups is 2. The Morgan fingerprint density at radius 3 is 2.38 bits per heavy atom. The van der Waals surface area contributed by atoms with Crippen LogP contribution in [0.2, 0.25) is 0 Å². The quantitative estimate of drug-likeness (QED) is 0.821. The van der Waals surface area contributed by atoms with Crippen molar-refractivity contribution in [1.82, 2.24) is 4.90 Å². The molecule has 0 aromatic heterocycles. The standard InChI is InChI=1S/C23H27NO5/c1-23(2,3)29-22(27)24-15-18(14-19(24)21(25)26)28-20-12-8-7-11-17(20)13-16-9-5-4-6-10-16/h4-12,18-19H,13-15H2,1-3H3,(H,25,26)/t18-,19-/m1/s1. The number of rotatable bonds is 5. The van der Waals surface area contributed by atoms with E-state index in [0.29, 0.717) is 12.2 Å². The summed E-state index contributed by atoms with van der Waals surface area (Å²) in [5.74, 6) is -0.351. The minimum Gasteiger partial charge on any atom is -0.488 e. The molecule has 0 radical (unpaired) electrons. The molecule has 6 nitrogen and oxygen atoms in total. The lowest BCUT2D eigenvalue weighted by Crippen LogP contribution is -2.43. The van der Waals surface area contributed by atoms with Gasteiger partial charge >= 0.3 is 12.1 Å². The van der Waals surface area contributed by atoms with E-state index in [1.807, 2.05) is 42.5 Å². The second-order valence-corrected chi connectivity index (χ2v) is 8.23. The predicted octanol–water partition coefficient (Wildman–Crippen LogP) is 4.12. The summed E-state index contributed by atoms with van der Waals surface area (Å²) in [5, 5.41) is 9.56. The molecule has 1 N–H and O–H groups in total. The Morgan fingerprint density at radius 1 is 1.07 bits per heavy atom. The van der Waals surface area contributed by atoms with Crippen LogP contribution in [0, 0.1) is 0 Å². The minimum absolute atomic E-state index is 0.172. The van der Waals surface area contributed by atoms with Crippen molar-refractivity contribution in [3.63, 3.8) is 0 Å². The zero-order valence-electron chi connectivity index (χ0n) is 17.0. The van der Waals surface area contributed by atoms with Gasteiger partial charge in [0, 0.05) is 12.8 Å². The van der Waals surface area contributed by atoms with Gasteiger partial charge in [0.25, 0.3) is 0 Å². The fourth-order valence-electron chi connectivity index (χ4n) is 3.40. The Morgan fingerprint density at radius 2 is 1.72 bits per heavy atom. The molecule has 1 fully saturated rings. The maximum atomic E-state index is 12.5. The van der Waals surface area contributed by atoms with E-state index in [-0.39, 0.29) is 13.0 Å². The van der Waals surface area contributed by atoms with Gasteiger partial charge < -0.3 is 14.6 Å². The van der Waals surface area contributed by atoms with Gasteiger partial charge in [-0.25, -0.2) is 9.59 Å². The number of nitrogens with zero attached hydrogens (tertiary/aromatic N) is 1. The normalized spacial score (nSPS) is 19.1. The number of hydrogen-bond donors (Lipinski definition) is 1. The van der Waals surface area contributed by atoms with Gasteiger partial charge in [0.15, 0.2) is 0 Å². The van der Waals surface area contributed by atoms with Gasteiger partial charge in [-0.05, 0) is 38.0 Å². The lowest BCUT2D eigenvalue weighted by Gasteiger charge is -2.26. The van der Waals surface area contributed by atoms with Crippen molar-refractivity contribution in [2.24, 2.45) is 0 Å². The van der Waals surface area contributed by atoms with E-state index in [1.54, 1.807) is 20.8 Å². The Kier molecular flexibility index (Phi) is 6.11. The molecule has 1 aliphatic rings. The molecular formula is C23H27NO5. The fourth-order valence-corrected chi connectivity index (χ4v) is 3.40. The molecule has 2 aromatic rings. The van der Waals surface area contributed by atoms with E-state index in [9.17, 15) is 14.7 Å². The van der Waals surface area contributed by atoms with Crippen molar-refractivity contribution in [1.29, 1.82) is 0 Å². The number of para-hydroxylation sites is 1. The first-order valence-electron chi connectivity index (χ1n) is 9.74. The maximum absolute atomic E-state index is 12.5. The average Bonchev–Trinajstić information content (AvgIpc) is 3.07. The molecule has 2 aromatic carbocycles. The molecule has 3 rings (SSSR count). The Balaban J connectivity index is 1.74. The predicted molar refractivity (Wildman–Crippen MR) is 109 cm³/mol. The second kappa shape index (κ2) is 8.55. The molecule has 29 heavy (non-hydrogen) atoms. The number of likely N-dealkylation sites (tertiary alicyclic amines) is 1. The van der Waals surface area contributed by atoms with Crippen molar-refractivity contribution >= 4 is 12.1 Å². The monoisotopic (exact) mass is 397 g/mol. The van der Waals surface area contributed by atoms with Gasteiger partial charge in [0.1, 0.15) is 23.5 Å². The van der Waals surface area contributed by atoms with Crippen molar-refractivity contribution in [3.8, 4) is 5.75 Å². The number of carboxylic acids is 1. The molecule has 1 amide bonds. The lowest BCUT2D eigenvalue weighted by molar-refractivity contribution is -0.142. The van der Waals surface area contributed by atoms with Crippen LogP contribution in [0.5, 0.6) is 5.75 Å². The third kappa shape index (κ3) is 5.50. The van der Waals surface area contributed by atoms with E-state index in [4.69, 9.17) is 9.47 Å². The highest BCUT2D eigenvalue weighted by molar-refractivity contribution is 5.81. The second-order valence-electron chi connectivity index (χ2n) is 8.23. The summed E-state index contributed by atoms with van der Waals surface area (Å²) < 4.78 is 11.5.